The number of hydrogen-bond acceptors (Lipinski definition) is 22. The highest BCUT2D eigenvalue weighted by Crippen LogP contribution is 2.61. The van der Waals surface area contributed by atoms with Crippen LogP contribution in [0.4, 0.5) is 0 Å². The minimum absolute atomic E-state index is 0.0435. The van der Waals surface area contributed by atoms with Crippen molar-refractivity contribution in [2.24, 2.45) is 0 Å². The second-order valence-corrected chi connectivity index (χ2v) is 19.8. The molecular weight excluding hydrogens is 1090 g/mol. The van der Waals surface area contributed by atoms with Crippen LogP contribution < -0.4 is 48.4 Å². The number of aliphatic hydroxyl groups excluding tert-OH is 2. The summed E-state index contributed by atoms with van der Waals surface area (Å²) in [7, 11) is -17.7. The molecule has 29 nitrogen and oxygen atoms in total. The average molecular weight is 1140 g/mol. The van der Waals surface area contributed by atoms with Crippen LogP contribution in [-0.4, -0.2) is 112 Å². The molecule has 3 fully saturated rings. The standard InChI is InChI=1S/C13H19N2O14P3.C13H16N2O5.C10H14N2O4.C3H3Br/c1-3-4-25-9-5-11(15-6-8(2)12(16)14-13(15)17)27-10(9)7-26-31(21,22)29-32(23,24)28-30(18,19)20;1-3-4-19-9-5-11(20-10(9)7-16)15-6-8(2)12(17)14-13(15)18;1-2-7-6(13)5-9(16-7)12-4-3-8(14)11-10(12)15;1-2-3-4/h1,6,9-11H,4-5,7H2,2H3,(H,21,22)(H,23,24)(H,14,16,17)(H2,18,19,20);1,6,9-11,16H,4-5,7H2,2H3,(H,14,17,18);3-4,6-7,9,13H,2,5H2,1H3,(H,11,14,15);1H,3H2/p-3/t2*9?,10-,11-;6?,7-,9-;/m111./s1. The van der Waals surface area contributed by atoms with Gasteiger partial charge in [-0.3, -0.25) is 56.7 Å². The molecule has 0 radical (unpaired) electrons. The molecule has 72 heavy (non-hydrogen) atoms. The van der Waals surface area contributed by atoms with E-state index in [1.54, 1.807) is 6.92 Å². The van der Waals surface area contributed by atoms with Gasteiger partial charge in [0.15, 0.2) is 0 Å². The molecule has 0 aromatic carbocycles. The maximum absolute atomic E-state index is 12.1. The number of phosphoric acid groups is 3. The van der Waals surface area contributed by atoms with Crippen molar-refractivity contribution in [2.75, 3.05) is 31.8 Å². The van der Waals surface area contributed by atoms with Crippen molar-refractivity contribution in [3.63, 3.8) is 0 Å². The molecule has 6 heterocycles. The number of alkyl halides is 1. The summed E-state index contributed by atoms with van der Waals surface area (Å²) in [6, 6.07) is 1.26. The molecule has 3 aliphatic rings. The first kappa shape index (κ1) is 61.6. The lowest BCUT2D eigenvalue weighted by Crippen LogP contribution is -2.33. The van der Waals surface area contributed by atoms with E-state index >= 15 is 0 Å². The van der Waals surface area contributed by atoms with E-state index in [0.717, 1.165) is 4.57 Å². The second kappa shape index (κ2) is 28.1. The minimum atomic E-state index is -6.06. The summed E-state index contributed by atoms with van der Waals surface area (Å²) in [4.78, 5) is 117. The fourth-order valence-electron chi connectivity index (χ4n) is 6.68. The lowest BCUT2D eigenvalue weighted by molar-refractivity contribution is -0.250. The fourth-order valence-corrected chi connectivity index (χ4v) is 9.57. The van der Waals surface area contributed by atoms with Gasteiger partial charge >= 0.3 is 17.1 Å². The van der Waals surface area contributed by atoms with Crippen molar-refractivity contribution in [1.82, 2.24) is 28.7 Å². The lowest BCUT2D eigenvalue weighted by atomic mass is 10.1. The first-order valence-electron chi connectivity index (χ1n) is 20.8. The molecule has 0 saturated carbocycles. The Kier molecular flexibility index (Phi) is 24.1. The van der Waals surface area contributed by atoms with Gasteiger partial charge in [-0.05, 0) is 20.3 Å². The molecule has 3 aromatic heterocycles. The summed E-state index contributed by atoms with van der Waals surface area (Å²) in [6.45, 7) is 3.67. The lowest BCUT2D eigenvalue weighted by Gasteiger charge is -2.33. The molecule has 0 bridgehead atoms. The first-order valence-corrected chi connectivity index (χ1v) is 26.3. The van der Waals surface area contributed by atoms with Gasteiger partial charge in [0.05, 0.1) is 43.0 Å². The molecule has 12 atom stereocenters. The van der Waals surface area contributed by atoms with Gasteiger partial charge in [0.1, 0.15) is 44.1 Å². The van der Waals surface area contributed by atoms with Crippen LogP contribution in [0.25, 0.3) is 0 Å². The zero-order valence-electron chi connectivity index (χ0n) is 38.2. The van der Waals surface area contributed by atoms with Gasteiger partial charge in [-0.25, -0.2) is 23.0 Å². The Morgan fingerprint density at radius 2 is 1.19 bits per heavy atom. The monoisotopic (exact) mass is 1140 g/mol. The maximum atomic E-state index is 12.1. The van der Waals surface area contributed by atoms with E-state index in [4.69, 9.17) is 47.8 Å². The topological polar surface area (TPSA) is 420 Å². The zero-order chi connectivity index (χ0) is 54.1. The maximum Gasteiger partial charge on any atom is 0.330 e. The largest absolute Gasteiger partial charge is 0.756 e. The van der Waals surface area contributed by atoms with Crippen LogP contribution >= 0.6 is 39.4 Å². The van der Waals surface area contributed by atoms with Crippen molar-refractivity contribution in [3.05, 3.63) is 98.3 Å². The zero-order valence-corrected chi connectivity index (χ0v) is 42.4. The number of aryl methyl sites for hydroxylation is 2. The van der Waals surface area contributed by atoms with Crippen molar-refractivity contribution >= 4 is 39.4 Å². The molecule has 398 valence electrons. The van der Waals surface area contributed by atoms with Gasteiger partial charge in [-0.1, -0.05) is 40.6 Å². The van der Waals surface area contributed by atoms with Gasteiger partial charge in [0.25, 0.3) is 40.1 Å². The molecule has 33 heteroatoms. The van der Waals surface area contributed by atoms with E-state index in [9.17, 15) is 67.4 Å². The van der Waals surface area contributed by atoms with Crippen LogP contribution in [0.15, 0.2) is 53.4 Å². The van der Waals surface area contributed by atoms with Gasteiger partial charge in [-0.15, -0.1) is 19.3 Å². The Bertz CT molecular complexity index is 2950. The molecule has 6 N–H and O–H groups in total. The van der Waals surface area contributed by atoms with Crippen LogP contribution in [0.5, 0.6) is 0 Å². The summed E-state index contributed by atoms with van der Waals surface area (Å²) in [5, 5.41) is 19.6. The number of rotatable bonds is 16. The molecule has 3 aromatic rings. The highest BCUT2D eigenvalue weighted by Gasteiger charge is 2.40. The van der Waals surface area contributed by atoms with E-state index in [0.29, 0.717) is 30.2 Å². The molecule has 3 saturated heterocycles. The Morgan fingerprint density at radius 1 is 0.736 bits per heavy atom. The van der Waals surface area contributed by atoms with Crippen LogP contribution in [0.3, 0.4) is 0 Å². The molecule has 6 rings (SSSR count). The summed E-state index contributed by atoms with van der Waals surface area (Å²) in [6.07, 6.45) is 14.3. The van der Waals surface area contributed by atoms with Crippen molar-refractivity contribution in [3.8, 4) is 37.0 Å². The SMILES string of the molecule is C#CCBr.C#CCOC1C[C@H](n2cc(C)c(=O)[nH]c2=O)O[C@@H]1CO.C#CCOC1C[C@H](n2cc(C)c(=O)[nH]c2=O)O[C@@H]1COP(=O)([O-])OP(=O)([O-])OP(=O)([O-])O.CC[C@H]1O[C@@H](n2ccc(=O)[nH]c2=O)CC1O. The van der Waals surface area contributed by atoms with Gasteiger partial charge < -0.3 is 58.0 Å². The van der Waals surface area contributed by atoms with Crippen molar-refractivity contribution in [2.45, 2.75) is 102 Å². The predicted octanol–water partition coefficient (Wildman–Crippen LogP) is -2.65. The molecule has 0 spiro atoms. The third kappa shape index (κ3) is 19.0. The number of aliphatic hydroxyl groups is 2. The molecular formula is C39H49BrN6O23P3-3. The molecule has 3 aliphatic heterocycles. The van der Waals surface area contributed by atoms with Gasteiger partial charge in [0, 0.05) is 55.0 Å². The van der Waals surface area contributed by atoms with E-state index < -0.39 is 107 Å². The van der Waals surface area contributed by atoms with Crippen LogP contribution in [0.2, 0.25) is 0 Å². The summed E-state index contributed by atoms with van der Waals surface area (Å²) in [5.41, 5.74) is -2.80. The van der Waals surface area contributed by atoms with E-state index in [1.807, 2.05) is 6.92 Å². The second-order valence-electron chi connectivity index (χ2n) is 15.0. The number of phosphoric ester groups is 1. The number of aromatic amines is 3. The summed E-state index contributed by atoms with van der Waals surface area (Å²) >= 11 is 3.01. The number of H-pyrrole nitrogens is 3. The smallest absolute Gasteiger partial charge is 0.330 e. The number of nitrogens with zero attached hydrogens (tertiary/aromatic N) is 3. The van der Waals surface area contributed by atoms with Crippen LogP contribution in [-0.2, 0) is 50.5 Å². The third-order valence-electron chi connectivity index (χ3n) is 9.86. The van der Waals surface area contributed by atoms with Crippen molar-refractivity contribution < 1.29 is 80.3 Å². The number of hydrogen-bond donors (Lipinski definition) is 6. The molecule has 6 unspecified atom stereocenters. The Labute approximate surface area is 416 Å². The number of aromatic nitrogens is 6. The highest BCUT2D eigenvalue weighted by atomic mass is 79.9. The van der Waals surface area contributed by atoms with Crippen molar-refractivity contribution in [1.29, 1.82) is 0 Å². The Balaban J connectivity index is 0.000000292. The quantitative estimate of drug-likeness (QED) is 0.0485. The Hall–Kier alpha value is -4.67. The van der Waals surface area contributed by atoms with Crippen LogP contribution in [0.1, 0.15) is 62.4 Å². The number of halogens is 1. The third-order valence-corrected chi connectivity index (χ3v) is 13.9. The van der Waals surface area contributed by atoms with Gasteiger partial charge in [-0.2, -0.15) is 0 Å². The summed E-state index contributed by atoms with van der Waals surface area (Å²) in [5.74, 6) is 6.87. The van der Waals surface area contributed by atoms with Crippen LogP contribution in [0, 0.1) is 50.9 Å². The normalized spacial score (nSPS) is 25.7. The Morgan fingerprint density at radius 3 is 1.62 bits per heavy atom. The fraction of sp³-hybridized carbons (Fsp3) is 0.538. The van der Waals surface area contributed by atoms with E-state index in [2.05, 4.69) is 61.8 Å². The van der Waals surface area contributed by atoms with E-state index in [-0.39, 0.29) is 44.0 Å². The van der Waals surface area contributed by atoms with E-state index in [1.165, 1.54) is 40.7 Å². The van der Waals surface area contributed by atoms with Gasteiger partial charge in [0.2, 0.25) is 0 Å². The molecule has 0 amide bonds. The highest BCUT2D eigenvalue weighted by molar-refractivity contribution is 9.09. The summed E-state index contributed by atoms with van der Waals surface area (Å²) < 4.78 is 75.5. The average Bonchev–Trinajstić information content (AvgIpc) is 4.02. The number of terminal acetylenes is 3. The number of nitrogens with one attached hydrogen (secondary N) is 3. The minimum Gasteiger partial charge on any atom is -0.756 e. The predicted molar refractivity (Wildman–Crippen MR) is 245 cm³/mol. The first-order chi connectivity index (χ1) is 33.7. The molecule has 0 aliphatic carbocycles. The number of ether oxygens (including phenoxy) is 5.